The second-order valence-corrected chi connectivity index (χ2v) is 2.43. The lowest BCUT2D eigenvalue weighted by Crippen LogP contribution is -1.96. The molecule has 2 N–H and O–H groups in total. The van der Waals surface area contributed by atoms with Crippen molar-refractivity contribution in [2.75, 3.05) is 12.4 Å². The molecule has 12 heavy (non-hydrogen) atoms. The van der Waals surface area contributed by atoms with Crippen LogP contribution in [0.1, 0.15) is 11.1 Å². The Bertz CT molecular complexity index is 296. The van der Waals surface area contributed by atoms with Crippen LogP contribution in [0, 0.1) is 6.92 Å². The SMILES string of the molecule is CNc1ncc(/C=N\O)cc1C. The van der Waals surface area contributed by atoms with Gasteiger partial charge in [0.05, 0.1) is 6.21 Å². The van der Waals surface area contributed by atoms with Crippen molar-refractivity contribution in [3.05, 3.63) is 23.4 Å². The van der Waals surface area contributed by atoms with E-state index >= 15 is 0 Å². The van der Waals surface area contributed by atoms with Crippen LogP contribution in [0.4, 0.5) is 5.82 Å². The number of hydrogen-bond acceptors (Lipinski definition) is 4. The molecule has 0 fully saturated rings. The summed E-state index contributed by atoms with van der Waals surface area (Å²) in [6.45, 7) is 1.94. The summed E-state index contributed by atoms with van der Waals surface area (Å²) in [5.41, 5.74) is 1.81. The highest BCUT2D eigenvalue weighted by molar-refractivity contribution is 5.79. The number of rotatable bonds is 2. The Morgan fingerprint density at radius 2 is 2.42 bits per heavy atom. The number of nitrogens with one attached hydrogen (secondary N) is 1. The molecule has 0 radical (unpaired) electrons. The van der Waals surface area contributed by atoms with Crippen molar-refractivity contribution in [1.29, 1.82) is 0 Å². The standard InChI is InChI=1S/C8H11N3O/c1-6-3-7(5-11-12)4-10-8(6)9-2/h3-5,12H,1-2H3,(H,9,10)/b11-5-. The van der Waals surface area contributed by atoms with Gasteiger partial charge in [0.1, 0.15) is 5.82 Å². The Hall–Kier alpha value is -1.58. The number of oxime groups is 1. The average Bonchev–Trinajstić information content (AvgIpc) is 2.05. The van der Waals surface area contributed by atoms with Crippen molar-refractivity contribution in [1.82, 2.24) is 4.98 Å². The molecule has 0 atom stereocenters. The third-order valence-electron chi connectivity index (χ3n) is 1.54. The Morgan fingerprint density at radius 1 is 1.67 bits per heavy atom. The molecule has 1 aromatic heterocycles. The molecule has 0 spiro atoms. The molecule has 0 aromatic carbocycles. The largest absolute Gasteiger partial charge is 0.411 e. The minimum absolute atomic E-state index is 0.786. The van der Waals surface area contributed by atoms with Crippen LogP contribution < -0.4 is 5.32 Å². The van der Waals surface area contributed by atoms with Crippen molar-refractivity contribution >= 4 is 12.0 Å². The fourth-order valence-corrected chi connectivity index (χ4v) is 0.996. The molecule has 0 aliphatic rings. The Balaban J connectivity index is 3.01. The zero-order chi connectivity index (χ0) is 8.97. The quantitative estimate of drug-likeness (QED) is 0.394. The molecular formula is C8H11N3O. The van der Waals surface area contributed by atoms with E-state index in [1.165, 1.54) is 6.21 Å². The van der Waals surface area contributed by atoms with Crippen molar-refractivity contribution in [2.45, 2.75) is 6.92 Å². The molecule has 64 valence electrons. The third kappa shape index (κ3) is 1.72. The predicted octanol–water partition coefficient (Wildman–Crippen LogP) is 1.24. The van der Waals surface area contributed by atoms with Gasteiger partial charge < -0.3 is 10.5 Å². The zero-order valence-electron chi connectivity index (χ0n) is 7.07. The van der Waals surface area contributed by atoms with Gasteiger partial charge in [-0.25, -0.2) is 4.98 Å². The lowest BCUT2D eigenvalue weighted by atomic mass is 10.2. The molecule has 1 aromatic rings. The molecule has 0 saturated heterocycles. The van der Waals surface area contributed by atoms with Gasteiger partial charge in [0, 0.05) is 18.8 Å². The van der Waals surface area contributed by atoms with E-state index in [0.717, 1.165) is 16.9 Å². The van der Waals surface area contributed by atoms with Gasteiger partial charge in [-0.05, 0) is 18.6 Å². The third-order valence-corrected chi connectivity index (χ3v) is 1.54. The highest BCUT2D eigenvalue weighted by Crippen LogP contribution is 2.10. The molecule has 4 heteroatoms. The predicted molar refractivity (Wildman–Crippen MR) is 47.9 cm³/mol. The van der Waals surface area contributed by atoms with Crippen LogP contribution in [0.2, 0.25) is 0 Å². The van der Waals surface area contributed by atoms with Crippen LogP contribution in [0.25, 0.3) is 0 Å². The lowest BCUT2D eigenvalue weighted by Gasteiger charge is -2.02. The molecule has 0 aliphatic heterocycles. The summed E-state index contributed by atoms with van der Waals surface area (Å²) in [5.74, 6) is 0.838. The maximum Gasteiger partial charge on any atom is 0.128 e. The normalized spacial score (nSPS) is 10.5. The number of aromatic nitrogens is 1. The van der Waals surface area contributed by atoms with Gasteiger partial charge in [0.15, 0.2) is 0 Å². The minimum Gasteiger partial charge on any atom is -0.411 e. The maximum atomic E-state index is 8.26. The number of anilines is 1. The second kappa shape index (κ2) is 3.71. The van der Waals surface area contributed by atoms with E-state index in [1.54, 1.807) is 6.20 Å². The van der Waals surface area contributed by atoms with Crippen LogP contribution >= 0.6 is 0 Å². The lowest BCUT2D eigenvalue weighted by molar-refractivity contribution is 0.322. The first-order valence-corrected chi connectivity index (χ1v) is 3.59. The number of pyridine rings is 1. The fraction of sp³-hybridized carbons (Fsp3) is 0.250. The van der Waals surface area contributed by atoms with Gasteiger partial charge in [-0.2, -0.15) is 0 Å². The molecule has 1 heterocycles. The number of aryl methyl sites for hydroxylation is 1. The first-order valence-electron chi connectivity index (χ1n) is 3.59. The van der Waals surface area contributed by atoms with E-state index < -0.39 is 0 Å². The zero-order valence-corrected chi connectivity index (χ0v) is 7.07. The average molecular weight is 165 g/mol. The van der Waals surface area contributed by atoms with E-state index in [-0.39, 0.29) is 0 Å². The molecule has 1 rings (SSSR count). The maximum absolute atomic E-state index is 8.26. The van der Waals surface area contributed by atoms with E-state index in [0.29, 0.717) is 0 Å². The van der Waals surface area contributed by atoms with E-state index in [1.807, 2.05) is 20.0 Å². The van der Waals surface area contributed by atoms with E-state index in [2.05, 4.69) is 15.5 Å². The number of nitrogens with zero attached hydrogens (tertiary/aromatic N) is 2. The van der Waals surface area contributed by atoms with Gasteiger partial charge in [-0.15, -0.1) is 0 Å². The molecule has 0 aliphatic carbocycles. The van der Waals surface area contributed by atoms with Crippen molar-refractivity contribution < 1.29 is 5.21 Å². The highest BCUT2D eigenvalue weighted by Gasteiger charge is 1.96. The molecular weight excluding hydrogens is 154 g/mol. The minimum atomic E-state index is 0.786. The summed E-state index contributed by atoms with van der Waals surface area (Å²) < 4.78 is 0. The van der Waals surface area contributed by atoms with Crippen LogP contribution in [-0.4, -0.2) is 23.5 Å². The summed E-state index contributed by atoms with van der Waals surface area (Å²) in [7, 11) is 1.81. The van der Waals surface area contributed by atoms with Crippen molar-refractivity contribution in [2.24, 2.45) is 5.16 Å². The van der Waals surface area contributed by atoms with Crippen LogP contribution in [0.5, 0.6) is 0 Å². The second-order valence-electron chi connectivity index (χ2n) is 2.43. The molecule has 0 unspecified atom stereocenters. The van der Waals surface area contributed by atoms with Gasteiger partial charge in [0.25, 0.3) is 0 Å². The smallest absolute Gasteiger partial charge is 0.128 e. The number of hydrogen-bond donors (Lipinski definition) is 2. The van der Waals surface area contributed by atoms with Crippen molar-refractivity contribution in [3.63, 3.8) is 0 Å². The highest BCUT2D eigenvalue weighted by atomic mass is 16.4. The summed E-state index contributed by atoms with van der Waals surface area (Å²) in [4.78, 5) is 4.10. The summed E-state index contributed by atoms with van der Waals surface area (Å²) >= 11 is 0. The van der Waals surface area contributed by atoms with Gasteiger partial charge in [-0.1, -0.05) is 5.16 Å². The molecule has 4 nitrogen and oxygen atoms in total. The fourth-order valence-electron chi connectivity index (χ4n) is 0.996. The summed E-state index contributed by atoms with van der Waals surface area (Å²) in [6.07, 6.45) is 2.98. The Morgan fingerprint density at radius 3 is 2.92 bits per heavy atom. The van der Waals surface area contributed by atoms with E-state index in [9.17, 15) is 0 Å². The summed E-state index contributed by atoms with van der Waals surface area (Å²) in [6, 6.07) is 1.89. The van der Waals surface area contributed by atoms with Crippen LogP contribution in [0.15, 0.2) is 17.4 Å². The first-order chi connectivity index (χ1) is 5.77. The molecule has 0 saturated carbocycles. The molecule has 0 amide bonds. The molecule has 0 bridgehead atoms. The monoisotopic (exact) mass is 165 g/mol. The van der Waals surface area contributed by atoms with Crippen molar-refractivity contribution in [3.8, 4) is 0 Å². The topological polar surface area (TPSA) is 57.5 Å². The van der Waals surface area contributed by atoms with Crippen LogP contribution in [-0.2, 0) is 0 Å². The van der Waals surface area contributed by atoms with Gasteiger partial charge in [0.2, 0.25) is 0 Å². The Kier molecular flexibility index (Phi) is 2.63. The first kappa shape index (κ1) is 8.52. The Labute approximate surface area is 70.9 Å². The van der Waals surface area contributed by atoms with E-state index in [4.69, 9.17) is 5.21 Å². The van der Waals surface area contributed by atoms with Crippen LogP contribution in [0.3, 0.4) is 0 Å². The van der Waals surface area contributed by atoms with Gasteiger partial charge in [-0.3, -0.25) is 0 Å². The van der Waals surface area contributed by atoms with Gasteiger partial charge >= 0.3 is 0 Å². The summed E-state index contributed by atoms with van der Waals surface area (Å²) in [5, 5.41) is 14.1.